The second-order valence-corrected chi connectivity index (χ2v) is 5.00. The molecule has 23 heavy (non-hydrogen) atoms. The minimum Gasteiger partial charge on any atom is -0.504 e. The van der Waals surface area contributed by atoms with Crippen LogP contribution < -0.4 is 4.74 Å². The van der Waals surface area contributed by atoms with Crippen molar-refractivity contribution in [2.75, 3.05) is 7.11 Å². The number of aromatic hydroxyl groups is 1. The Morgan fingerprint density at radius 3 is 2.70 bits per heavy atom. The molecule has 0 unspecified atom stereocenters. The molecule has 5 heteroatoms. The monoisotopic (exact) mass is 309 g/mol. The van der Waals surface area contributed by atoms with Gasteiger partial charge in [0.2, 0.25) is 0 Å². The van der Waals surface area contributed by atoms with Crippen LogP contribution in [0.3, 0.4) is 0 Å². The van der Waals surface area contributed by atoms with Gasteiger partial charge in [-0.3, -0.25) is 4.98 Å². The molecule has 1 N–H and O–H groups in total. The third-order valence-corrected chi connectivity index (χ3v) is 3.42. The summed E-state index contributed by atoms with van der Waals surface area (Å²) in [6, 6.07) is 14.5. The Hall–Kier alpha value is -3.08. The molecule has 2 aromatic carbocycles. The number of fused-ring (bicyclic) bond motifs is 1. The number of hydrogen-bond donors (Lipinski definition) is 1. The Morgan fingerprint density at radius 2 is 1.96 bits per heavy atom. The summed E-state index contributed by atoms with van der Waals surface area (Å²) in [7, 11) is 1.31. The molecule has 0 aliphatic heterocycles. The van der Waals surface area contributed by atoms with E-state index in [1.165, 1.54) is 19.4 Å². The lowest BCUT2D eigenvalue weighted by Crippen LogP contribution is -2.02. The van der Waals surface area contributed by atoms with Crippen molar-refractivity contribution < 1.29 is 19.4 Å². The third-order valence-electron chi connectivity index (χ3n) is 3.42. The molecule has 5 nitrogen and oxygen atoms in total. The number of ether oxygens (including phenoxy) is 2. The van der Waals surface area contributed by atoms with E-state index in [0.717, 1.165) is 5.56 Å². The van der Waals surface area contributed by atoms with E-state index in [4.69, 9.17) is 4.74 Å². The minimum atomic E-state index is -0.469. The molecule has 0 saturated carbocycles. The number of carbonyl (C=O) groups excluding carboxylic acids is 1. The van der Waals surface area contributed by atoms with E-state index >= 15 is 0 Å². The quantitative estimate of drug-likeness (QED) is 0.749. The lowest BCUT2D eigenvalue weighted by Gasteiger charge is -2.10. The molecule has 116 valence electrons. The van der Waals surface area contributed by atoms with Crippen molar-refractivity contribution in [1.29, 1.82) is 0 Å². The molecular formula is C18H15NO4. The number of benzene rings is 2. The van der Waals surface area contributed by atoms with Gasteiger partial charge in [0.05, 0.1) is 18.2 Å². The first-order valence-corrected chi connectivity index (χ1v) is 7.05. The molecule has 0 aliphatic carbocycles. The van der Waals surface area contributed by atoms with Crippen LogP contribution in [0.25, 0.3) is 10.9 Å². The summed E-state index contributed by atoms with van der Waals surface area (Å²) in [6.07, 6.45) is 1.44. The summed E-state index contributed by atoms with van der Waals surface area (Å²) >= 11 is 0. The summed E-state index contributed by atoms with van der Waals surface area (Å²) in [5.41, 5.74) is 1.96. The number of pyridine rings is 1. The molecule has 3 rings (SSSR count). The van der Waals surface area contributed by atoms with E-state index in [9.17, 15) is 9.90 Å². The van der Waals surface area contributed by atoms with Gasteiger partial charge in [0, 0.05) is 17.6 Å². The maximum absolute atomic E-state index is 11.5. The normalized spacial score (nSPS) is 10.5. The number of phenols is 1. The number of rotatable bonds is 4. The van der Waals surface area contributed by atoms with Gasteiger partial charge >= 0.3 is 5.97 Å². The summed E-state index contributed by atoms with van der Waals surface area (Å²) < 4.78 is 10.3. The van der Waals surface area contributed by atoms with Crippen molar-refractivity contribution >= 4 is 16.9 Å². The molecule has 0 radical (unpaired) electrons. The molecule has 1 aromatic heterocycles. The van der Waals surface area contributed by atoms with Gasteiger partial charge in [-0.1, -0.05) is 30.3 Å². The summed E-state index contributed by atoms with van der Waals surface area (Å²) in [5, 5.41) is 10.7. The minimum absolute atomic E-state index is 0.00255. The lowest BCUT2D eigenvalue weighted by atomic mass is 10.1. The van der Waals surface area contributed by atoms with Crippen molar-refractivity contribution in [3.63, 3.8) is 0 Å². The second kappa shape index (κ2) is 6.36. The fourth-order valence-corrected chi connectivity index (χ4v) is 2.23. The van der Waals surface area contributed by atoms with Crippen molar-refractivity contribution in [2.24, 2.45) is 0 Å². The number of aromatic nitrogens is 1. The molecule has 0 spiro atoms. The number of nitrogens with zero attached hydrogens (tertiary/aromatic N) is 1. The molecule has 0 saturated heterocycles. The Balaban J connectivity index is 1.87. The highest BCUT2D eigenvalue weighted by Crippen LogP contribution is 2.31. The van der Waals surface area contributed by atoms with Crippen molar-refractivity contribution in [2.45, 2.75) is 6.61 Å². The molecule has 0 amide bonds. The largest absolute Gasteiger partial charge is 0.504 e. The molecule has 0 aliphatic rings. The zero-order valence-electron chi connectivity index (χ0n) is 12.5. The average molecular weight is 309 g/mol. The van der Waals surface area contributed by atoms with Crippen LogP contribution in [0.4, 0.5) is 0 Å². The van der Waals surface area contributed by atoms with Gasteiger partial charge in [0.15, 0.2) is 11.5 Å². The Morgan fingerprint density at radius 1 is 1.17 bits per heavy atom. The van der Waals surface area contributed by atoms with E-state index in [2.05, 4.69) is 9.72 Å². The van der Waals surface area contributed by atoms with E-state index in [0.29, 0.717) is 28.8 Å². The van der Waals surface area contributed by atoms with Crippen LogP contribution in [-0.2, 0) is 11.3 Å². The first-order chi connectivity index (χ1) is 11.2. The van der Waals surface area contributed by atoms with Crippen LogP contribution in [0, 0.1) is 0 Å². The predicted molar refractivity (Wildman–Crippen MR) is 85.5 cm³/mol. The predicted octanol–water partition coefficient (Wildman–Crippen LogP) is 3.31. The van der Waals surface area contributed by atoms with Gasteiger partial charge in [-0.25, -0.2) is 4.79 Å². The first-order valence-electron chi connectivity index (χ1n) is 7.05. The number of methoxy groups -OCH3 is 1. The van der Waals surface area contributed by atoms with Gasteiger partial charge in [-0.05, 0) is 17.7 Å². The van der Waals surface area contributed by atoms with Crippen LogP contribution >= 0.6 is 0 Å². The first kappa shape index (κ1) is 14.8. The fourth-order valence-electron chi connectivity index (χ4n) is 2.23. The van der Waals surface area contributed by atoms with E-state index in [1.54, 1.807) is 12.1 Å². The van der Waals surface area contributed by atoms with Crippen molar-refractivity contribution in [3.05, 3.63) is 65.9 Å². The van der Waals surface area contributed by atoms with E-state index < -0.39 is 5.97 Å². The highest BCUT2D eigenvalue weighted by Gasteiger charge is 2.10. The molecule has 0 atom stereocenters. The zero-order chi connectivity index (χ0) is 16.2. The standard InChI is InChI=1S/C18H15NO4/c1-22-18(21)14-7-13-8-16(20)17(9-15(13)19-10-14)23-11-12-5-3-2-4-6-12/h2-10,20H,11H2,1H3. The molecular weight excluding hydrogens is 294 g/mol. The van der Waals surface area contributed by atoms with Crippen LogP contribution in [0.5, 0.6) is 11.5 Å². The average Bonchev–Trinajstić information content (AvgIpc) is 2.59. The number of esters is 1. The Bertz CT molecular complexity index is 846. The molecule has 0 fully saturated rings. The van der Waals surface area contributed by atoms with Crippen LogP contribution in [0.2, 0.25) is 0 Å². The maximum Gasteiger partial charge on any atom is 0.339 e. The highest BCUT2D eigenvalue weighted by molar-refractivity contribution is 5.94. The summed E-state index contributed by atoms with van der Waals surface area (Å²) in [4.78, 5) is 15.7. The number of hydrogen-bond acceptors (Lipinski definition) is 5. The summed E-state index contributed by atoms with van der Waals surface area (Å²) in [5.74, 6) is -0.125. The maximum atomic E-state index is 11.5. The van der Waals surface area contributed by atoms with Gasteiger partial charge < -0.3 is 14.6 Å². The SMILES string of the molecule is COC(=O)c1cnc2cc(OCc3ccccc3)c(O)cc2c1. The van der Waals surface area contributed by atoms with Gasteiger partial charge in [0.1, 0.15) is 6.61 Å². The molecule has 3 aromatic rings. The van der Waals surface area contributed by atoms with Crippen molar-refractivity contribution in [1.82, 2.24) is 4.98 Å². The second-order valence-electron chi connectivity index (χ2n) is 5.00. The number of phenolic OH excluding ortho intramolecular Hbond substituents is 1. The smallest absolute Gasteiger partial charge is 0.339 e. The molecule has 1 heterocycles. The topological polar surface area (TPSA) is 68.7 Å². The highest BCUT2D eigenvalue weighted by atomic mass is 16.5. The van der Waals surface area contributed by atoms with Gasteiger partial charge in [-0.15, -0.1) is 0 Å². The van der Waals surface area contributed by atoms with Crippen LogP contribution in [0.15, 0.2) is 54.7 Å². The zero-order valence-corrected chi connectivity index (χ0v) is 12.5. The Labute approximate surface area is 133 Å². The fraction of sp³-hybridized carbons (Fsp3) is 0.111. The van der Waals surface area contributed by atoms with Gasteiger partial charge in [0.25, 0.3) is 0 Å². The van der Waals surface area contributed by atoms with Crippen LogP contribution in [0.1, 0.15) is 15.9 Å². The van der Waals surface area contributed by atoms with Gasteiger partial charge in [-0.2, -0.15) is 0 Å². The third kappa shape index (κ3) is 3.23. The van der Waals surface area contributed by atoms with E-state index in [1.807, 2.05) is 30.3 Å². The van der Waals surface area contributed by atoms with Crippen molar-refractivity contribution in [3.8, 4) is 11.5 Å². The molecule has 0 bridgehead atoms. The van der Waals surface area contributed by atoms with E-state index in [-0.39, 0.29) is 5.75 Å². The summed E-state index contributed by atoms with van der Waals surface area (Å²) in [6.45, 7) is 0.347. The number of carbonyl (C=O) groups is 1. The van der Waals surface area contributed by atoms with Crippen LogP contribution in [-0.4, -0.2) is 23.2 Å². The lowest BCUT2D eigenvalue weighted by molar-refractivity contribution is 0.0600. The Kier molecular flexibility index (Phi) is 4.10.